The Kier molecular flexibility index (Phi) is 9.83. The highest BCUT2D eigenvalue weighted by molar-refractivity contribution is 5.91. The molecule has 0 saturated carbocycles. The van der Waals surface area contributed by atoms with Crippen molar-refractivity contribution in [1.82, 2.24) is 25.5 Å². The summed E-state index contributed by atoms with van der Waals surface area (Å²) < 4.78 is 32.9. The predicted molar refractivity (Wildman–Crippen MR) is 147 cm³/mol. The van der Waals surface area contributed by atoms with Crippen LogP contribution in [0.5, 0.6) is 0 Å². The SMILES string of the molecule is CCC(C)C(C(=O)N[C@@H](Cc1ccc(F)c(F)c1)C(=O)NCc1cnc2[nH]ccc2c1)N(C)C(=O)OC(C)(C)C. The molecule has 0 aliphatic heterocycles. The highest BCUT2D eigenvalue weighted by atomic mass is 19.2. The maximum absolute atomic E-state index is 13.9. The van der Waals surface area contributed by atoms with E-state index in [2.05, 4.69) is 20.6 Å². The molecule has 3 atom stereocenters. The van der Waals surface area contributed by atoms with E-state index in [1.54, 1.807) is 33.2 Å². The van der Waals surface area contributed by atoms with Gasteiger partial charge in [-0.25, -0.2) is 18.6 Å². The third-order valence-corrected chi connectivity index (χ3v) is 6.53. The number of carbonyl (C=O) groups is 3. The summed E-state index contributed by atoms with van der Waals surface area (Å²) >= 11 is 0. The fraction of sp³-hybridized carbons (Fsp3) is 0.448. The average molecular weight is 558 g/mol. The monoisotopic (exact) mass is 557 g/mol. The highest BCUT2D eigenvalue weighted by Crippen LogP contribution is 2.19. The number of rotatable bonds is 10. The average Bonchev–Trinajstić information content (AvgIpc) is 3.36. The number of benzene rings is 1. The molecule has 0 spiro atoms. The first-order valence-corrected chi connectivity index (χ1v) is 13.2. The first kappa shape index (κ1) is 30.5. The molecule has 0 radical (unpaired) electrons. The van der Waals surface area contributed by atoms with Gasteiger partial charge in [-0.15, -0.1) is 0 Å². The van der Waals surface area contributed by atoms with E-state index >= 15 is 0 Å². The van der Waals surface area contributed by atoms with Crippen LogP contribution in [0.4, 0.5) is 13.6 Å². The van der Waals surface area contributed by atoms with Crippen molar-refractivity contribution in [2.45, 2.75) is 71.7 Å². The molecular weight excluding hydrogens is 520 g/mol. The van der Waals surface area contributed by atoms with E-state index < -0.39 is 47.2 Å². The van der Waals surface area contributed by atoms with Gasteiger partial charge in [0.2, 0.25) is 11.8 Å². The lowest BCUT2D eigenvalue weighted by molar-refractivity contribution is -0.132. The quantitative estimate of drug-likeness (QED) is 0.340. The van der Waals surface area contributed by atoms with Gasteiger partial charge in [-0.2, -0.15) is 0 Å². The van der Waals surface area contributed by atoms with Gasteiger partial charge in [0.25, 0.3) is 0 Å². The summed E-state index contributed by atoms with van der Waals surface area (Å²) in [5.41, 5.74) is 0.995. The third kappa shape index (κ3) is 8.00. The van der Waals surface area contributed by atoms with E-state index in [9.17, 15) is 23.2 Å². The van der Waals surface area contributed by atoms with Crippen LogP contribution in [0.25, 0.3) is 11.0 Å². The van der Waals surface area contributed by atoms with Gasteiger partial charge in [0.05, 0.1) is 0 Å². The number of aromatic amines is 1. The number of nitrogens with one attached hydrogen (secondary N) is 3. The Bertz CT molecular complexity index is 1350. The molecule has 0 saturated heterocycles. The number of aromatic nitrogens is 2. The maximum Gasteiger partial charge on any atom is 0.410 e. The van der Waals surface area contributed by atoms with Crippen LogP contribution in [0.15, 0.2) is 42.7 Å². The first-order valence-electron chi connectivity index (χ1n) is 13.2. The summed E-state index contributed by atoms with van der Waals surface area (Å²) in [6.45, 7) is 9.01. The maximum atomic E-state index is 13.9. The van der Waals surface area contributed by atoms with Crippen molar-refractivity contribution in [3.63, 3.8) is 0 Å². The van der Waals surface area contributed by atoms with Gasteiger partial charge in [-0.3, -0.25) is 14.5 Å². The standard InChI is InChI=1S/C29H37F2N5O4/c1-7-17(2)24(36(6)28(39)40-29(3,4)5)27(38)35-23(14-18-8-9-21(30)22(31)13-18)26(37)34-16-19-12-20-10-11-32-25(20)33-15-19/h8-13,15,17,23-24H,7,14,16H2,1-6H3,(H,32,33)(H,34,37)(H,35,38)/t17?,23-,24?/m0/s1. The van der Waals surface area contributed by atoms with Crippen LogP contribution in [0.2, 0.25) is 0 Å². The number of ether oxygens (including phenoxy) is 1. The van der Waals surface area contributed by atoms with Gasteiger partial charge in [-0.1, -0.05) is 26.3 Å². The van der Waals surface area contributed by atoms with Gasteiger partial charge in [-0.05, 0) is 62.1 Å². The number of likely N-dealkylation sites (N-methyl/N-ethyl adjacent to an activating group) is 1. The van der Waals surface area contributed by atoms with Crippen molar-refractivity contribution in [2.75, 3.05) is 7.05 Å². The van der Waals surface area contributed by atoms with E-state index in [4.69, 9.17) is 4.74 Å². The van der Waals surface area contributed by atoms with Crippen LogP contribution < -0.4 is 10.6 Å². The van der Waals surface area contributed by atoms with Crippen molar-refractivity contribution in [1.29, 1.82) is 0 Å². The van der Waals surface area contributed by atoms with Crippen LogP contribution in [-0.2, 0) is 27.3 Å². The molecule has 0 fully saturated rings. The van der Waals surface area contributed by atoms with Crippen LogP contribution in [0, 0.1) is 17.6 Å². The molecule has 0 aliphatic rings. The lowest BCUT2D eigenvalue weighted by Crippen LogP contribution is -2.57. The van der Waals surface area contributed by atoms with Crippen molar-refractivity contribution in [3.05, 3.63) is 65.5 Å². The number of fused-ring (bicyclic) bond motifs is 1. The van der Waals surface area contributed by atoms with E-state index in [-0.39, 0.29) is 18.9 Å². The van der Waals surface area contributed by atoms with Crippen LogP contribution in [0.1, 0.15) is 52.2 Å². The van der Waals surface area contributed by atoms with Gasteiger partial charge >= 0.3 is 6.09 Å². The summed E-state index contributed by atoms with van der Waals surface area (Å²) in [4.78, 5) is 48.3. The summed E-state index contributed by atoms with van der Waals surface area (Å²) in [5, 5.41) is 6.41. The Hall–Kier alpha value is -4.02. The largest absolute Gasteiger partial charge is 0.444 e. The number of hydrogen-bond acceptors (Lipinski definition) is 5. The lowest BCUT2D eigenvalue weighted by atomic mass is 9.96. The Morgan fingerprint density at radius 1 is 1.07 bits per heavy atom. The summed E-state index contributed by atoms with van der Waals surface area (Å²) in [6, 6.07) is 4.96. The minimum atomic E-state index is -1.14. The van der Waals surface area contributed by atoms with Crippen LogP contribution >= 0.6 is 0 Å². The number of carbonyl (C=O) groups excluding carboxylic acids is 3. The smallest absolute Gasteiger partial charge is 0.410 e. The number of H-pyrrole nitrogens is 1. The highest BCUT2D eigenvalue weighted by Gasteiger charge is 2.35. The zero-order valence-corrected chi connectivity index (χ0v) is 23.7. The molecule has 2 unspecified atom stereocenters. The minimum Gasteiger partial charge on any atom is -0.444 e. The Balaban J connectivity index is 1.83. The van der Waals surface area contributed by atoms with E-state index in [1.807, 2.05) is 26.0 Å². The molecule has 2 aromatic heterocycles. The predicted octanol–water partition coefficient (Wildman–Crippen LogP) is 4.47. The van der Waals surface area contributed by atoms with E-state index in [1.165, 1.54) is 18.0 Å². The van der Waals surface area contributed by atoms with Gasteiger partial charge in [0.1, 0.15) is 23.3 Å². The van der Waals surface area contributed by atoms with Crippen molar-refractivity contribution >= 4 is 28.9 Å². The van der Waals surface area contributed by atoms with E-state index in [0.717, 1.165) is 23.1 Å². The summed E-state index contributed by atoms with van der Waals surface area (Å²) in [5.74, 6) is -3.45. The topological polar surface area (TPSA) is 116 Å². The molecule has 0 bridgehead atoms. The fourth-order valence-electron chi connectivity index (χ4n) is 4.25. The molecule has 2 heterocycles. The zero-order valence-electron chi connectivity index (χ0n) is 23.7. The second-order valence-corrected chi connectivity index (χ2v) is 10.9. The van der Waals surface area contributed by atoms with Crippen molar-refractivity contribution < 1.29 is 27.9 Å². The number of amides is 3. The molecule has 0 aliphatic carbocycles. The molecular formula is C29H37F2N5O4. The molecule has 1 aromatic carbocycles. The minimum absolute atomic E-state index is 0.104. The molecule has 9 nitrogen and oxygen atoms in total. The van der Waals surface area contributed by atoms with Gasteiger partial charge < -0.3 is 20.4 Å². The Labute approximate surface area is 232 Å². The second kappa shape index (κ2) is 12.9. The second-order valence-electron chi connectivity index (χ2n) is 10.9. The van der Waals surface area contributed by atoms with Crippen molar-refractivity contribution in [3.8, 4) is 0 Å². The summed E-state index contributed by atoms with van der Waals surface area (Å²) in [6.07, 6.45) is 3.17. The van der Waals surface area contributed by atoms with Crippen LogP contribution in [0.3, 0.4) is 0 Å². The molecule has 3 N–H and O–H groups in total. The fourth-order valence-corrected chi connectivity index (χ4v) is 4.25. The number of nitrogens with zero attached hydrogens (tertiary/aromatic N) is 2. The zero-order chi connectivity index (χ0) is 29.6. The van der Waals surface area contributed by atoms with Gasteiger partial charge in [0, 0.05) is 37.8 Å². The Morgan fingerprint density at radius 2 is 1.80 bits per heavy atom. The number of pyridine rings is 1. The number of halogens is 2. The molecule has 40 heavy (non-hydrogen) atoms. The molecule has 3 aromatic rings. The Morgan fingerprint density at radius 3 is 2.45 bits per heavy atom. The summed E-state index contributed by atoms with van der Waals surface area (Å²) in [7, 11) is 1.47. The molecule has 11 heteroatoms. The lowest BCUT2D eigenvalue weighted by Gasteiger charge is -2.34. The molecule has 3 rings (SSSR count). The third-order valence-electron chi connectivity index (χ3n) is 6.53. The van der Waals surface area contributed by atoms with Gasteiger partial charge in [0.15, 0.2) is 11.6 Å². The number of hydrogen-bond donors (Lipinski definition) is 3. The van der Waals surface area contributed by atoms with E-state index in [0.29, 0.717) is 17.6 Å². The first-order chi connectivity index (χ1) is 18.8. The van der Waals surface area contributed by atoms with Crippen LogP contribution in [-0.4, -0.2) is 57.5 Å². The van der Waals surface area contributed by atoms with Crippen molar-refractivity contribution in [2.24, 2.45) is 5.92 Å². The molecule has 3 amide bonds. The normalized spacial score (nSPS) is 13.8. The molecule has 216 valence electrons.